The van der Waals surface area contributed by atoms with Gasteiger partial charge < -0.3 is 5.32 Å². The lowest BCUT2D eigenvalue weighted by molar-refractivity contribution is -0.141. The third kappa shape index (κ3) is 3.59. The van der Waals surface area contributed by atoms with Crippen LogP contribution in [-0.2, 0) is 31.1 Å². The lowest BCUT2D eigenvalue weighted by Crippen LogP contribution is -2.27. The summed E-state index contributed by atoms with van der Waals surface area (Å²) in [6, 6.07) is 0.828. The second-order valence-corrected chi connectivity index (χ2v) is 4.20. The van der Waals surface area contributed by atoms with Crippen LogP contribution in [0.4, 0.5) is 13.2 Å². The maximum Gasteiger partial charge on any atom is 0.435 e. The van der Waals surface area contributed by atoms with Crippen LogP contribution in [-0.4, -0.2) is 25.5 Å². The van der Waals surface area contributed by atoms with E-state index in [2.05, 4.69) is 15.5 Å². The highest BCUT2D eigenvalue weighted by atomic mass is 19.4. The molecular weight excluding hydrogens is 275 g/mol. The molecule has 0 saturated carbocycles. The van der Waals surface area contributed by atoms with Gasteiger partial charge in [0.2, 0.25) is 5.91 Å². The number of amides is 1. The van der Waals surface area contributed by atoms with Gasteiger partial charge in [-0.2, -0.15) is 23.4 Å². The van der Waals surface area contributed by atoms with Crippen LogP contribution in [0.25, 0.3) is 0 Å². The number of aryl methyl sites for hydroxylation is 1. The largest absolute Gasteiger partial charge is 0.435 e. The Hall–Kier alpha value is -2.32. The normalized spacial score (nSPS) is 11.6. The fourth-order valence-electron chi connectivity index (χ4n) is 1.57. The lowest BCUT2D eigenvalue weighted by atomic mass is 10.3. The summed E-state index contributed by atoms with van der Waals surface area (Å²) in [4.78, 5) is 11.6. The van der Waals surface area contributed by atoms with Gasteiger partial charge in [-0.3, -0.25) is 14.2 Å². The van der Waals surface area contributed by atoms with Crippen molar-refractivity contribution in [1.82, 2.24) is 24.9 Å². The quantitative estimate of drug-likeness (QED) is 0.910. The molecule has 1 amide bonds. The standard InChI is InChI=1S/C11H12F3N5O/c1-18-6-8(5-16-18)4-15-10(20)7-19-3-2-9(17-19)11(12,13)14/h2-3,5-6H,4,7H2,1H3,(H,15,20). The average molecular weight is 287 g/mol. The van der Waals surface area contributed by atoms with Gasteiger partial charge in [-0.15, -0.1) is 0 Å². The van der Waals surface area contributed by atoms with Gasteiger partial charge in [-0.25, -0.2) is 0 Å². The first-order valence-corrected chi connectivity index (χ1v) is 5.69. The van der Waals surface area contributed by atoms with E-state index in [1.165, 1.54) is 0 Å². The first kappa shape index (κ1) is 14.1. The number of hydrogen-bond acceptors (Lipinski definition) is 3. The molecule has 0 aliphatic heterocycles. The van der Waals surface area contributed by atoms with Gasteiger partial charge in [0, 0.05) is 31.5 Å². The van der Waals surface area contributed by atoms with Crippen molar-refractivity contribution in [2.75, 3.05) is 0 Å². The molecular formula is C11H12F3N5O. The third-order valence-electron chi connectivity index (χ3n) is 2.48. The van der Waals surface area contributed by atoms with E-state index < -0.39 is 17.8 Å². The summed E-state index contributed by atoms with van der Waals surface area (Å²) in [6.45, 7) is -0.00356. The van der Waals surface area contributed by atoms with Gasteiger partial charge in [0.25, 0.3) is 0 Å². The predicted octanol–water partition coefficient (Wildman–Crippen LogP) is 0.952. The van der Waals surface area contributed by atoms with Crippen molar-refractivity contribution >= 4 is 5.91 Å². The van der Waals surface area contributed by atoms with Crippen LogP contribution >= 0.6 is 0 Å². The van der Waals surface area contributed by atoms with Gasteiger partial charge in [0.15, 0.2) is 5.69 Å². The van der Waals surface area contributed by atoms with E-state index in [1.807, 2.05) is 0 Å². The van der Waals surface area contributed by atoms with Crippen LogP contribution in [0.15, 0.2) is 24.7 Å². The Labute approximate surface area is 112 Å². The number of carbonyl (C=O) groups excluding carboxylic acids is 1. The number of alkyl halides is 3. The highest BCUT2D eigenvalue weighted by molar-refractivity contribution is 5.75. The van der Waals surface area contributed by atoms with Crippen LogP contribution < -0.4 is 5.32 Å². The Balaban J connectivity index is 1.87. The Morgan fingerprint density at radius 2 is 2.20 bits per heavy atom. The van der Waals surface area contributed by atoms with Crippen molar-refractivity contribution in [3.05, 3.63) is 35.9 Å². The highest BCUT2D eigenvalue weighted by Crippen LogP contribution is 2.27. The first-order valence-electron chi connectivity index (χ1n) is 5.69. The zero-order chi connectivity index (χ0) is 14.8. The van der Waals surface area contributed by atoms with E-state index >= 15 is 0 Å². The maximum atomic E-state index is 12.3. The minimum absolute atomic E-state index is 0.264. The lowest BCUT2D eigenvalue weighted by Gasteiger charge is -2.04. The van der Waals surface area contributed by atoms with E-state index in [4.69, 9.17) is 0 Å². The van der Waals surface area contributed by atoms with Gasteiger partial charge in [-0.05, 0) is 6.07 Å². The van der Waals surface area contributed by atoms with E-state index in [1.54, 1.807) is 24.1 Å². The van der Waals surface area contributed by atoms with Crippen molar-refractivity contribution < 1.29 is 18.0 Å². The molecule has 2 aromatic heterocycles. The molecule has 0 aliphatic rings. The highest BCUT2D eigenvalue weighted by Gasteiger charge is 2.33. The van der Waals surface area contributed by atoms with E-state index in [-0.39, 0.29) is 13.1 Å². The maximum absolute atomic E-state index is 12.3. The molecule has 0 bridgehead atoms. The van der Waals surface area contributed by atoms with Gasteiger partial charge in [-0.1, -0.05) is 0 Å². The summed E-state index contributed by atoms with van der Waals surface area (Å²) in [7, 11) is 1.74. The minimum Gasteiger partial charge on any atom is -0.350 e. The predicted molar refractivity (Wildman–Crippen MR) is 62.3 cm³/mol. The van der Waals surface area contributed by atoms with Crippen LogP contribution in [0.5, 0.6) is 0 Å². The Kier molecular flexibility index (Phi) is 3.77. The molecule has 2 heterocycles. The number of halogens is 3. The molecule has 0 aromatic carbocycles. The molecule has 0 spiro atoms. The van der Waals surface area contributed by atoms with E-state index in [9.17, 15) is 18.0 Å². The van der Waals surface area contributed by atoms with E-state index in [0.29, 0.717) is 0 Å². The summed E-state index contributed by atoms with van der Waals surface area (Å²) in [6.07, 6.45) is -0.0597. The van der Waals surface area contributed by atoms with Gasteiger partial charge >= 0.3 is 6.18 Å². The molecule has 0 aliphatic carbocycles. The summed E-state index contributed by atoms with van der Waals surface area (Å²) in [5.74, 6) is -0.425. The number of hydrogen-bond donors (Lipinski definition) is 1. The van der Waals surface area contributed by atoms with Crippen LogP contribution in [0, 0.1) is 0 Å². The fraction of sp³-hybridized carbons (Fsp3) is 0.364. The third-order valence-corrected chi connectivity index (χ3v) is 2.48. The molecule has 0 saturated heterocycles. The monoisotopic (exact) mass is 287 g/mol. The Morgan fingerprint density at radius 1 is 1.45 bits per heavy atom. The molecule has 0 fully saturated rings. The number of nitrogens with zero attached hydrogens (tertiary/aromatic N) is 4. The molecule has 2 aromatic rings. The van der Waals surface area contributed by atoms with Gasteiger partial charge in [0.1, 0.15) is 6.54 Å². The van der Waals surface area contributed by atoms with Crippen molar-refractivity contribution in [1.29, 1.82) is 0 Å². The van der Waals surface area contributed by atoms with Crippen molar-refractivity contribution in [3.63, 3.8) is 0 Å². The van der Waals surface area contributed by atoms with Crippen molar-refractivity contribution in [2.24, 2.45) is 7.05 Å². The summed E-state index contributed by atoms with van der Waals surface area (Å²) in [5, 5.41) is 9.80. The summed E-state index contributed by atoms with van der Waals surface area (Å²) < 4.78 is 39.5. The fourth-order valence-corrected chi connectivity index (χ4v) is 1.57. The van der Waals surface area contributed by atoms with E-state index in [0.717, 1.165) is 22.5 Å². The van der Waals surface area contributed by atoms with Crippen LogP contribution in [0.1, 0.15) is 11.3 Å². The second kappa shape index (κ2) is 5.35. The van der Waals surface area contributed by atoms with Crippen molar-refractivity contribution in [3.8, 4) is 0 Å². The van der Waals surface area contributed by atoms with Crippen LogP contribution in [0.3, 0.4) is 0 Å². The first-order chi connectivity index (χ1) is 9.34. The molecule has 0 atom stereocenters. The molecule has 2 rings (SSSR count). The number of nitrogens with one attached hydrogen (secondary N) is 1. The average Bonchev–Trinajstić information content (AvgIpc) is 2.95. The molecule has 108 valence electrons. The molecule has 1 N–H and O–H groups in total. The summed E-state index contributed by atoms with van der Waals surface area (Å²) >= 11 is 0. The molecule has 9 heteroatoms. The minimum atomic E-state index is -4.50. The van der Waals surface area contributed by atoms with Crippen LogP contribution in [0.2, 0.25) is 0 Å². The number of rotatable bonds is 4. The molecule has 0 unspecified atom stereocenters. The smallest absolute Gasteiger partial charge is 0.350 e. The second-order valence-electron chi connectivity index (χ2n) is 4.20. The SMILES string of the molecule is Cn1cc(CNC(=O)Cn2ccc(C(F)(F)F)n2)cn1. The number of aromatic nitrogens is 4. The van der Waals surface area contributed by atoms with Gasteiger partial charge in [0.05, 0.1) is 6.20 Å². The topological polar surface area (TPSA) is 64.7 Å². The zero-order valence-electron chi connectivity index (χ0n) is 10.6. The zero-order valence-corrected chi connectivity index (χ0v) is 10.6. The van der Waals surface area contributed by atoms with Crippen molar-refractivity contribution in [2.45, 2.75) is 19.3 Å². The Bertz CT molecular complexity index is 601. The molecule has 20 heavy (non-hydrogen) atoms. The summed E-state index contributed by atoms with van der Waals surface area (Å²) in [5.41, 5.74) is -0.213. The molecule has 6 nitrogen and oxygen atoms in total. The molecule has 0 radical (unpaired) electrons. The number of carbonyl (C=O) groups is 1. The Morgan fingerprint density at radius 3 is 2.75 bits per heavy atom.